The number of hydrogen-bond donors (Lipinski definition) is 2. The third kappa shape index (κ3) is 2.97. The van der Waals surface area contributed by atoms with E-state index in [-0.39, 0.29) is 47.0 Å². The second-order valence-corrected chi connectivity index (χ2v) is 6.61. The highest BCUT2D eigenvalue weighted by Gasteiger charge is 2.41. The molecule has 7 heteroatoms. The SMILES string of the molecule is CCOC(=O)Cc1ccc(N2C(=O)c3c(O)cc4cccc(O)c4c3C2=O)cc1. The van der Waals surface area contributed by atoms with Crippen LogP contribution in [-0.4, -0.2) is 34.6 Å². The number of aromatic hydroxyl groups is 2. The van der Waals surface area contributed by atoms with Crippen molar-refractivity contribution in [1.29, 1.82) is 0 Å². The van der Waals surface area contributed by atoms with Crippen LogP contribution in [0.3, 0.4) is 0 Å². The van der Waals surface area contributed by atoms with E-state index in [1.54, 1.807) is 43.3 Å². The lowest BCUT2D eigenvalue weighted by Crippen LogP contribution is -2.29. The Morgan fingerprint density at radius 1 is 0.966 bits per heavy atom. The smallest absolute Gasteiger partial charge is 0.310 e. The number of amides is 2. The fraction of sp³-hybridized carbons (Fsp3) is 0.136. The highest BCUT2D eigenvalue weighted by molar-refractivity contribution is 6.39. The Morgan fingerprint density at radius 2 is 1.66 bits per heavy atom. The molecule has 0 aliphatic carbocycles. The molecule has 0 atom stereocenters. The third-order valence-electron chi connectivity index (χ3n) is 4.81. The largest absolute Gasteiger partial charge is 0.507 e. The second-order valence-electron chi connectivity index (χ2n) is 6.61. The number of nitrogens with zero attached hydrogens (tertiary/aromatic N) is 1. The van der Waals surface area contributed by atoms with Crippen LogP contribution in [0.15, 0.2) is 48.5 Å². The highest BCUT2D eigenvalue weighted by Crippen LogP contribution is 2.41. The molecule has 0 bridgehead atoms. The van der Waals surface area contributed by atoms with Gasteiger partial charge >= 0.3 is 5.97 Å². The van der Waals surface area contributed by atoms with Gasteiger partial charge in [-0.3, -0.25) is 14.4 Å². The van der Waals surface area contributed by atoms with Crippen LogP contribution in [0.5, 0.6) is 11.5 Å². The number of esters is 1. The number of carbonyl (C=O) groups excluding carboxylic acids is 3. The number of fused-ring (bicyclic) bond motifs is 3. The standard InChI is InChI=1S/C22H17NO6/c1-2-29-17(26)10-12-6-8-14(9-7-12)23-21(27)19-16(25)11-13-4-3-5-15(24)18(13)20(19)22(23)28/h3-9,11,24-25H,2,10H2,1H3. The summed E-state index contributed by atoms with van der Waals surface area (Å²) in [7, 11) is 0. The molecule has 0 fully saturated rings. The van der Waals surface area contributed by atoms with Gasteiger partial charge in [-0.2, -0.15) is 0 Å². The van der Waals surface area contributed by atoms with E-state index in [1.165, 1.54) is 12.1 Å². The summed E-state index contributed by atoms with van der Waals surface area (Å²) in [6, 6.07) is 12.4. The molecule has 0 radical (unpaired) electrons. The van der Waals surface area contributed by atoms with Crippen LogP contribution in [0, 0.1) is 0 Å². The number of rotatable bonds is 4. The van der Waals surface area contributed by atoms with Gasteiger partial charge in [0.15, 0.2) is 0 Å². The van der Waals surface area contributed by atoms with Crippen LogP contribution in [0.2, 0.25) is 0 Å². The monoisotopic (exact) mass is 391 g/mol. The summed E-state index contributed by atoms with van der Waals surface area (Å²) < 4.78 is 4.91. The molecular weight excluding hydrogens is 374 g/mol. The van der Waals surface area contributed by atoms with Crippen molar-refractivity contribution in [1.82, 2.24) is 0 Å². The van der Waals surface area contributed by atoms with Crippen LogP contribution in [-0.2, 0) is 16.0 Å². The van der Waals surface area contributed by atoms with Crippen molar-refractivity contribution in [2.24, 2.45) is 0 Å². The molecule has 3 aromatic rings. The summed E-state index contributed by atoms with van der Waals surface area (Å²) in [6.07, 6.45) is 0.0789. The first-order chi connectivity index (χ1) is 13.9. The summed E-state index contributed by atoms with van der Waals surface area (Å²) >= 11 is 0. The van der Waals surface area contributed by atoms with Gasteiger partial charge in [-0.1, -0.05) is 24.3 Å². The van der Waals surface area contributed by atoms with Crippen molar-refractivity contribution in [3.63, 3.8) is 0 Å². The summed E-state index contributed by atoms with van der Waals surface area (Å²) in [5.41, 5.74) is 0.805. The average molecular weight is 391 g/mol. The molecular formula is C22H17NO6. The van der Waals surface area contributed by atoms with Crippen molar-refractivity contribution in [3.8, 4) is 11.5 Å². The fourth-order valence-corrected chi connectivity index (χ4v) is 3.54. The Hall–Kier alpha value is -3.87. The molecule has 1 aliphatic rings. The zero-order valence-corrected chi connectivity index (χ0v) is 15.5. The molecule has 0 saturated carbocycles. The molecule has 0 saturated heterocycles. The van der Waals surface area contributed by atoms with Gasteiger partial charge in [0.2, 0.25) is 0 Å². The van der Waals surface area contributed by atoms with Crippen LogP contribution in [0.1, 0.15) is 33.2 Å². The second kappa shape index (κ2) is 6.94. The number of ether oxygens (including phenoxy) is 1. The number of benzene rings is 3. The summed E-state index contributed by atoms with van der Waals surface area (Å²) in [4.78, 5) is 38.6. The van der Waals surface area contributed by atoms with Crippen molar-refractivity contribution >= 4 is 34.2 Å². The maximum atomic E-state index is 13.1. The molecule has 2 N–H and O–H groups in total. The van der Waals surface area contributed by atoms with Gasteiger partial charge < -0.3 is 14.9 Å². The van der Waals surface area contributed by atoms with E-state index in [1.807, 2.05) is 0 Å². The first kappa shape index (κ1) is 18.5. The molecule has 146 valence electrons. The molecule has 29 heavy (non-hydrogen) atoms. The van der Waals surface area contributed by atoms with Gasteiger partial charge in [0, 0.05) is 5.39 Å². The van der Waals surface area contributed by atoms with Crippen LogP contribution >= 0.6 is 0 Å². The Morgan fingerprint density at radius 3 is 2.34 bits per heavy atom. The predicted octanol–water partition coefficient (Wildman–Crippen LogP) is 3.16. The topological polar surface area (TPSA) is 104 Å². The highest BCUT2D eigenvalue weighted by atomic mass is 16.5. The van der Waals surface area contributed by atoms with Gasteiger partial charge in [0.25, 0.3) is 11.8 Å². The third-order valence-corrected chi connectivity index (χ3v) is 4.81. The molecule has 4 rings (SSSR count). The van der Waals surface area contributed by atoms with Gasteiger partial charge in [0.05, 0.1) is 29.8 Å². The van der Waals surface area contributed by atoms with Crippen molar-refractivity contribution in [3.05, 3.63) is 65.2 Å². The van der Waals surface area contributed by atoms with E-state index >= 15 is 0 Å². The van der Waals surface area contributed by atoms with E-state index in [2.05, 4.69) is 0 Å². The number of imide groups is 1. The lowest BCUT2D eigenvalue weighted by molar-refractivity contribution is -0.142. The minimum absolute atomic E-state index is 0.0290. The van der Waals surface area contributed by atoms with Crippen LogP contribution in [0.4, 0.5) is 5.69 Å². The van der Waals surface area contributed by atoms with Crippen molar-refractivity contribution < 1.29 is 29.3 Å². The molecule has 0 spiro atoms. The van der Waals surface area contributed by atoms with Gasteiger partial charge in [-0.25, -0.2) is 4.90 Å². The molecule has 0 aromatic heterocycles. The predicted molar refractivity (Wildman–Crippen MR) is 105 cm³/mol. The van der Waals surface area contributed by atoms with E-state index in [0.29, 0.717) is 16.6 Å². The van der Waals surface area contributed by atoms with Gasteiger partial charge in [-0.05, 0) is 42.1 Å². The fourth-order valence-electron chi connectivity index (χ4n) is 3.54. The molecule has 0 unspecified atom stereocenters. The maximum absolute atomic E-state index is 13.1. The molecule has 3 aromatic carbocycles. The number of hydrogen-bond acceptors (Lipinski definition) is 6. The van der Waals surface area contributed by atoms with Crippen LogP contribution < -0.4 is 4.90 Å². The van der Waals surface area contributed by atoms with E-state index in [0.717, 1.165) is 4.90 Å². The Kier molecular flexibility index (Phi) is 4.43. The first-order valence-corrected chi connectivity index (χ1v) is 9.03. The van der Waals surface area contributed by atoms with Crippen molar-refractivity contribution in [2.45, 2.75) is 13.3 Å². The zero-order chi connectivity index (χ0) is 20.7. The molecule has 7 nitrogen and oxygen atoms in total. The summed E-state index contributed by atoms with van der Waals surface area (Å²) in [6.45, 7) is 2.01. The first-order valence-electron chi connectivity index (χ1n) is 9.03. The minimum atomic E-state index is -0.675. The Balaban J connectivity index is 1.74. The van der Waals surface area contributed by atoms with E-state index in [4.69, 9.17) is 4.74 Å². The quantitative estimate of drug-likeness (QED) is 0.523. The Bertz CT molecular complexity index is 1170. The number of anilines is 1. The van der Waals surface area contributed by atoms with E-state index < -0.39 is 11.8 Å². The zero-order valence-electron chi connectivity index (χ0n) is 15.5. The lowest BCUT2D eigenvalue weighted by atomic mass is 9.98. The molecule has 2 amide bonds. The Labute approximate surface area is 165 Å². The maximum Gasteiger partial charge on any atom is 0.310 e. The van der Waals surface area contributed by atoms with Gasteiger partial charge in [0.1, 0.15) is 11.5 Å². The molecule has 1 heterocycles. The van der Waals surface area contributed by atoms with E-state index in [9.17, 15) is 24.6 Å². The number of carbonyl (C=O) groups is 3. The number of phenolic OH excluding ortho intramolecular Hbond substituents is 2. The average Bonchev–Trinajstić information content (AvgIpc) is 2.94. The van der Waals surface area contributed by atoms with Gasteiger partial charge in [-0.15, -0.1) is 0 Å². The lowest BCUT2D eigenvalue weighted by Gasteiger charge is -2.14. The summed E-state index contributed by atoms with van der Waals surface area (Å²) in [5, 5.41) is 21.3. The number of phenols is 2. The normalized spacial score (nSPS) is 13.1. The van der Waals surface area contributed by atoms with Crippen molar-refractivity contribution in [2.75, 3.05) is 11.5 Å². The minimum Gasteiger partial charge on any atom is -0.507 e. The summed E-state index contributed by atoms with van der Waals surface area (Å²) in [5.74, 6) is -2.14. The molecule has 1 aliphatic heterocycles. The van der Waals surface area contributed by atoms with Crippen LogP contribution in [0.25, 0.3) is 10.8 Å².